The lowest BCUT2D eigenvalue weighted by atomic mass is 10.6. The number of nitrogens with zero attached hydrogens (tertiary/aromatic N) is 4. The zero-order chi connectivity index (χ0) is 6.57. The second-order valence-electron chi connectivity index (χ2n) is 1.12. The molecule has 1 atom stereocenters. The van der Waals surface area contributed by atoms with Crippen molar-refractivity contribution in [2.24, 2.45) is 5.11 Å². The molecule has 0 aliphatic carbocycles. The predicted octanol–water partition coefficient (Wildman–Crippen LogP) is 0.919. The maximum absolute atomic E-state index is 9.63. The van der Waals surface area contributed by atoms with Crippen LogP contribution in [0.2, 0.25) is 0 Å². The molecular weight excluding hydrogens is 112 g/mol. The highest BCUT2D eigenvalue weighted by atomic mass is 16.6. The van der Waals surface area contributed by atoms with E-state index in [-0.39, 0.29) is 0 Å². The van der Waals surface area contributed by atoms with Crippen molar-refractivity contribution in [1.29, 1.82) is 0 Å². The molecule has 1 unspecified atom stereocenters. The summed E-state index contributed by atoms with van der Waals surface area (Å²) in [5, 5.41) is 12.4. The summed E-state index contributed by atoms with van der Waals surface area (Å²) in [5.41, 5.74) is 7.64. The van der Waals surface area contributed by atoms with Crippen LogP contribution in [0.5, 0.6) is 0 Å². The molecule has 0 aromatic carbocycles. The van der Waals surface area contributed by atoms with Gasteiger partial charge in [0.15, 0.2) is 0 Å². The Balaban J connectivity index is 3.82. The molecule has 0 aromatic rings. The molecule has 0 aliphatic heterocycles. The van der Waals surface area contributed by atoms with Gasteiger partial charge in [-0.2, -0.15) is 0 Å². The van der Waals surface area contributed by atoms with E-state index in [1.165, 1.54) is 6.92 Å². The molecule has 0 amide bonds. The molecule has 0 fully saturated rings. The number of nitro groups is 1. The maximum Gasteiger partial charge on any atom is 0.289 e. The average Bonchev–Trinajstić information content (AvgIpc) is 1.67. The van der Waals surface area contributed by atoms with Gasteiger partial charge >= 0.3 is 0 Å². The van der Waals surface area contributed by atoms with E-state index in [9.17, 15) is 10.1 Å². The van der Waals surface area contributed by atoms with Gasteiger partial charge < -0.3 is 0 Å². The average molecular weight is 116 g/mol. The lowest BCUT2D eigenvalue weighted by Crippen LogP contribution is -2.09. The smallest absolute Gasteiger partial charge is 0.264 e. The summed E-state index contributed by atoms with van der Waals surface area (Å²) in [7, 11) is 0. The Labute approximate surface area is 44.9 Å². The fourth-order valence-corrected chi connectivity index (χ4v) is 0.117. The first-order chi connectivity index (χ1) is 3.68. The van der Waals surface area contributed by atoms with Crippen molar-refractivity contribution in [1.82, 2.24) is 0 Å². The van der Waals surface area contributed by atoms with Crippen LogP contribution in [-0.2, 0) is 0 Å². The highest BCUT2D eigenvalue weighted by Gasteiger charge is 2.06. The molecule has 0 saturated carbocycles. The fraction of sp³-hybridized carbons (Fsp3) is 1.00. The zero-order valence-corrected chi connectivity index (χ0v) is 4.18. The summed E-state index contributed by atoms with van der Waals surface area (Å²) < 4.78 is 0. The lowest BCUT2D eigenvalue weighted by Gasteiger charge is -1.89. The Morgan fingerprint density at radius 2 is 2.50 bits per heavy atom. The SMILES string of the molecule is CC(N=[N+]=[N-])[N+](=O)[O-]. The van der Waals surface area contributed by atoms with Crippen molar-refractivity contribution >= 4 is 0 Å². The van der Waals surface area contributed by atoms with E-state index < -0.39 is 11.1 Å². The zero-order valence-electron chi connectivity index (χ0n) is 4.18. The quantitative estimate of drug-likeness (QED) is 0.176. The number of rotatable bonds is 2. The Hall–Kier alpha value is -1.29. The third-order valence-corrected chi connectivity index (χ3v) is 0.524. The highest BCUT2D eigenvalue weighted by molar-refractivity contribution is 4.44. The van der Waals surface area contributed by atoms with Gasteiger partial charge in [0.05, 0.1) is 0 Å². The summed E-state index contributed by atoms with van der Waals surface area (Å²) in [6.07, 6.45) is -1.15. The molecule has 0 aliphatic rings. The van der Waals surface area contributed by atoms with Crippen molar-refractivity contribution in [2.45, 2.75) is 13.1 Å². The van der Waals surface area contributed by atoms with E-state index in [4.69, 9.17) is 5.53 Å². The Kier molecular flexibility index (Phi) is 2.36. The van der Waals surface area contributed by atoms with Crippen molar-refractivity contribution in [3.63, 3.8) is 0 Å². The summed E-state index contributed by atoms with van der Waals surface area (Å²) >= 11 is 0. The molecule has 0 saturated heterocycles. The molecule has 44 valence electrons. The van der Waals surface area contributed by atoms with E-state index in [0.717, 1.165) is 0 Å². The molecule has 0 aromatic heterocycles. The van der Waals surface area contributed by atoms with Gasteiger partial charge in [0.25, 0.3) is 6.17 Å². The summed E-state index contributed by atoms with van der Waals surface area (Å²) in [6, 6.07) is 0. The third-order valence-electron chi connectivity index (χ3n) is 0.524. The topological polar surface area (TPSA) is 91.9 Å². The summed E-state index contributed by atoms with van der Waals surface area (Å²) in [5.74, 6) is 0. The molecule has 0 bridgehead atoms. The molecule has 6 heteroatoms. The minimum absolute atomic E-state index is 0.667. The molecule has 0 radical (unpaired) electrons. The molecule has 6 nitrogen and oxygen atoms in total. The Bertz CT molecular complexity index is 135. The monoisotopic (exact) mass is 116 g/mol. The van der Waals surface area contributed by atoms with Gasteiger partial charge in [-0.15, -0.1) is 0 Å². The lowest BCUT2D eigenvalue weighted by molar-refractivity contribution is -0.516. The van der Waals surface area contributed by atoms with Gasteiger partial charge in [0.1, 0.15) is 0 Å². The highest BCUT2D eigenvalue weighted by Crippen LogP contribution is 1.87. The Morgan fingerprint density at radius 3 is 2.62 bits per heavy atom. The molecular formula is C2H4N4O2. The van der Waals surface area contributed by atoms with Crippen LogP contribution in [0.4, 0.5) is 0 Å². The van der Waals surface area contributed by atoms with Crippen LogP contribution in [0.25, 0.3) is 10.4 Å². The minimum atomic E-state index is -1.15. The third kappa shape index (κ3) is 1.99. The second-order valence-corrected chi connectivity index (χ2v) is 1.12. The van der Waals surface area contributed by atoms with Gasteiger partial charge in [0.2, 0.25) is 0 Å². The van der Waals surface area contributed by atoms with Crippen LogP contribution in [0.1, 0.15) is 6.92 Å². The standard InChI is InChI=1S/C2H4N4O2/c1-2(4-5-3)6(7)8/h2H,1H3. The van der Waals surface area contributed by atoms with Crippen molar-refractivity contribution in [2.75, 3.05) is 0 Å². The minimum Gasteiger partial charge on any atom is -0.264 e. The summed E-state index contributed by atoms with van der Waals surface area (Å²) in [6.45, 7) is 1.21. The van der Waals surface area contributed by atoms with E-state index in [0.29, 0.717) is 0 Å². The number of hydrogen-bond acceptors (Lipinski definition) is 3. The molecule has 0 heterocycles. The van der Waals surface area contributed by atoms with Crippen molar-refractivity contribution < 1.29 is 4.92 Å². The van der Waals surface area contributed by atoms with E-state index in [1.807, 2.05) is 0 Å². The van der Waals surface area contributed by atoms with Gasteiger partial charge in [-0.3, -0.25) is 10.1 Å². The Morgan fingerprint density at radius 1 is 2.00 bits per heavy atom. The van der Waals surface area contributed by atoms with Crippen molar-refractivity contribution in [3.05, 3.63) is 20.6 Å². The normalized spacial score (nSPS) is 11.6. The van der Waals surface area contributed by atoms with Crippen LogP contribution >= 0.6 is 0 Å². The van der Waals surface area contributed by atoms with Gasteiger partial charge in [0, 0.05) is 16.8 Å². The maximum atomic E-state index is 9.63. The van der Waals surface area contributed by atoms with Crippen LogP contribution < -0.4 is 0 Å². The van der Waals surface area contributed by atoms with E-state index in [2.05, 4.69) is 10.0 Å². The first-order valence-electron chi connectivity index (χ1n) is 1.86. The van der Waals surface area contributed by atoms with Crippen LogP contribution in [0, 0.1) is 10.1 Å². The van der Waals surface area contributed by atoms with Gasteiger partial charge in [-0.1, -0.05) is 0 Å². The van der Waals surface area contributed by atoms with E-state index in [1.54, 1.807) is 0 Å². The number of azide groups is 1. The molecule has 8 heavy (non-hydrogen) atoms. The van der Waals surface area contributed by atoms with E-state index >= 15 is 0 Å². The van der Waals surface area contributed by atoms with Crippen LogP contribution in [-0.4, -0.2) is 11.1 Å². The first-order valence-corrected chi connectivity index (χ1v) is 1.86. The molecule has 0 spiro atoms. The van der Waals surface area contributed by atoms with Gasteiger partial charge in [-0.25, -0.2) is 0 Å². The first kappa shape index (κ1) is 6.71. The molecule has 0 rings (SSSR count). The molecule has 0 N–H and O–H groups in total. The van der Waals surface area contributed by atoms with Crippen molar-refractivity contribution in [3.8, 4) is 0 Å². The number of hydrogen-bond donors (Lipinski definition) is 0. The van der Waals surface area contributed by atoms with Crippen LogP contribution in [0.3, 0.4) is 0 Å². The summed E-state index contributed by atoms with van der Waals surface area (Å²) in [4.78, 5) is 11.2. The van der Waals surface area contributed by atoms with Crippen LogP contribution in [0.15, 0.2) is 5.11 Å². The predicted molar refractivity (Wildman–Crippen MR) is 25.6 cm³/mol. The second kappa shape index (κ2) is 2.81. The largest absolute Gasteiger partial charge is 0.289 e. The fourth-order valence-electron chi connectivity index (χ4n) is 0.117. The van der Waals surface area contributed by atoms with Gasteiger partial charge in [-0.05, 0) is 10.6 Å².